The molecule has 0 radical (unpaired) electrons. The summed E-state index contributed by atoms with van der Waals surface area (Å²) in [5.41, 5.74) is 1.04. The molecule has 0 aliphatic rings. The molecule has 0 spiro atoms. The molecular formula is C22H31N3O4. The monoisotopic (exact) mass is 401 g/mol. The van der Waals surface area contributed by atoms with E-state index in [1.807, 2.05) is 49.4 Å². The lowest BCUT2D eigenvalue weighted by molar-refractivity contribution is 0.310. The topological polar surface area (TPSA) is 73.3 Å². The number of ether oxygens (including phenoxy) is 4. The molecule has 7 nitrogen and oxygen atoms in total. The Kier molecular flexibility index (Phi) is 9.48. The first-order valence-corrected chi connectivity index (χ1v) is 9.70. The van der Waals surface area contributed by atoms with Crippen LogP contribution in [0.4, 0.5) is 0 Å². The van der Waals surface area contributed by atoms with Gasteiger partial charge in [-0.3, -0.25) is 0 Å². The van der Waals surface area contributed by atoms with Crippen LogP contribution in [-0.4, -0.2) is 47.0 Å². The molecule has 29 heavy (non-hydrogen) atoms. The van der Waals surface area contributed by atoms with Crippen LogP contribution >= 0.6 is 0 Å². The van der Waals surface area contributed by atoms with Gasteiger partial charge >= 0.3 is 0 Å². The third kappa shape index (κ3) is 7.44. The Morgan fingerprint density at radius 3 is 2.24 bits per heavy atom. The third-order valence-electron chi connectivity index (χ3n) is 4.15. The van der Waals surface area contributed by atoms with E-state index >= 15 is 0 Å². The molecule has 0 aliphatic heterocycles. The zero-order chi connectivity index (χ0) is 20.9. The van der Waals surface area contributed by atoms with Gasteiger partial charge in [0.1, 0.15) is 11.5 Å². The first kappa shape index (κ1) is 22.2. The molecule has 2 aromatic carbocycles. The number of hydrogen-bond donors (Lipinski definition) is 2. The van der Waals surface area contributed by atoms with Crippen molar-refractivity contribution in [1.29, 1.82) is 0 Å². The SMILES string of the molecule is CCNC(=NCc1ccc(OC)c(OC)c1)NCCCOc1ccc(OC)cc1. The lowest BCUT2D eigenvalue weighted by atomic mass is 10.2. The van der Waals surface area contributed by atoms with E-state index in [1.165, 1.54) is 0 Å². The summed E-state index contributed by atoms with van der Waals surface area (Å²) in [6.07, 6.45) is 0.854. The molecule has 2 rings (SSSR count). The molecule has 158 valence electrons. The van der Waals surface area contributed by atoms with Crippen molar-refractivity contribution in [1.82, 2.24) is 10.6 Å². The number of guanidine groups is 1. The molecule has 0 saturated carbocycles. The van der Waals surface area contributed by atoms with Crippen molar-refractivity contribution in [3.8, 4) is 23.0 Å². The Labute approximate surface area is 173 Å². The van der Waals surface area contributed by atoms with Gasteiger partial charge in [0.2, 0.25) is 0 Å². The number of methoxy groups -OCH3 is 3. The molecule has 2 aromatic rings. The van der Waals surface area contributed by atoms with Crippen LogP contribution in [0.5, 0.6) is 23.0 Å². The minimum Gasteiger partial charge on any atom is -0.497 e. The molecule has 0 unspecified atom stereocenters. The zero-order valence-electron chi connectivity index (χ0n) is 17.7. The molecule has 0 heterocycles. The van der Waals surface area contributed by atoms with Gasteiger partial charge in [-0.1, -0.05) is 6.07 Å². The van der Waals surface area contributed by atoms with Crippen LogP contribution in [0, 0.1) is 0 Å². The average Bonchev–Trinajstić information content (AvgIpc) is 2.77. The summed E-state index contributed by atoms with van der Waals surface area (Å²) in [5, 5.41) is 6.58. The number of hydrogen-bond acceptors (Lipinski definition) is 5. The highest BCUT2D eigenvalue weighted by Gasteiger charge is 2.05. The Balaban J connectivity index is 1.79. The lowest BCUT2D eigenvalue weighted by Gasteiger charge is -2.12. The molecule has 0 saturated heterocycles. The summed E-state index contributed by atoms with van der Waals surface area (Å²) in [6.45, 7) is 4.75. The summed E-state index contributed by atoms with van der Waals surface area (Å²) in [5.74, 6) is 3.84. The van der Waals surface area contributed by atoms with Gasteiger partial charge in [0.25, 0.3) is 0 Å². The fourth-order valence-electron chi connectivity index (χ4n) is 2.63. The number of benzene rings is 2. The van der Waals surface area contributed by atoms with Crippen molar-refractivity contribution in [2.24, 2.45) is 4.99 Å². The second-order valence-corrected chi connectivity index (χ2v) is 6.19. The predicted octanol–water partition coefficient (Wildman–Crippen LogP) is 3.24. The highest BCUT2D eigenvalue weighted by Crippen LogP contribution is 2.27. The molecule has 0 aromatic heterocycles. The van der Waals surface area contributed by atoms with E-state index in [0.29, 0.717) is 24.7 Å². The van der Waals surface area contributed by atoms with E-state index in [0.717, 1.165) is 42.5 Å². The number of nitrogens with zero attached hydrogens (tertiary/aromatic N) is 1. The summed E-state index contributed by atoms with van der Waals surface area (Å²) in [6, 6.07) is 13.4. The normalized spacial score (nSPS) is 11.0. The van der Waals surface area contributed by atoms with Crippen LogP contribution < -0.4 is 29.6 Å². The fraction of sp³-hybridized carbons (Fsp3) is 0.409. The second-order valence-electron chi connectivity index (χ2n) is 6.19. The quantitative estimate of drug-likeness (QED) is 0.342. The van der Waals surface area contributed by atoms with Crippen molar-refractivity contribution >= 4 is 5.96 Å². The maximum absolute atomic E-state index is 5.74. The Morgan fingerprint density at radius 2 is 1.59 bits per heavy atom. The first-order valence-electron chi connectivity index (χ1n) is 9.70. The van der Waals surface area contributed by atoms with Gasteiger partial charge in [-0.05, 0) is 55.3 Å². The van der Waals surface area contributed by atoms with E-state index in [1.54, 1.807) is 21.3 Å². The molecule has 0 amide bonds. The molecule has 0 atom stereocenters. The number of nitrogens with one attached hydrogen (secondary N) is 2. The van der Waals surface area contributed by atoms with Crippen LogP contribution in [0.3, 0.4) is 0 Å². The maximum Gasteiger partial charge on any atom is 0.191 e. The predicted molar refractivity (Wildman–Crippen MR) is 115 cm³/mol. The van der Waals surface area contributed by atoms with Crippen molar-refractivity contribution in [2.45, 2.75) is 19.9 Å². The molecular weight excluding hydrogens is 370 g/mol. The molecule has 0 fully saturated rings. The maximum atomic E-state index is 5.74. The highest BCUT2D eigenvalue weighted by atomic mass is 16.5. The lowest BCUT2D eigenvalue weighted by Crippen LogP contribution is -2.38. The summed E-state index contributed by atoms with van der Waals surface area (Å²) in [7, 11) is 4.90. The Hall–Kier alpha value is -3.09. The van der Waals surface area contributed by atoms with Gasteiger partial charge < -0.3 is 29.6 Å². The van der Waals surface area contributed by atoms with E-state index in [4.69, 9.17) is 18.9 Å². The molecule has 7 heteroatoms. The van der Waals surface area contributed by atoms with Crippen LogP contribution in [0.1, 0.15) is 18.9 Å². The van der Waals surface area contributed by atoms with Crippen molar-refractivity contribution in [3.63, 3.8) is 0 Å². The van der Waals surface area contributed by atoms with Gasteiger partial charge in [0.05, 0.1) is 34.5 Å². The summed E-state index contributed by atoms with van der Waals surface area (Å²) >= 11 is 0. The largest absolute Gasteiger partial charge is 0.497 e. The van der Waals surface area contributed by atoms with Gasteiger partial charge in [-0.2, -0.15) is 0 Å². The summed E-state index contributed by atoms with van der Waals surface area (Å²) in [4.78, 5) is 4.63. The minimum absolute atomic E-state index is 0.540. The van der Waals surface area contributed by atoms with Crippen LogP contribution in [0.2, 0.25) is 0 Å². The van der Waals surface area contributed by atoms with Crippen LogP contribution in [0.15, 0.2) is 47.5 Å². The smallest absolute Gasteiger partial charge is 0.191 e. The van der Waals surface area contributed by atoms with Gasteiger partial charge in [-0.15, -0.1) is 0 Å². The van der Waals surface area contributed by atoms with Gasteiger partial charge in [-0.25, -0.2) is 4.99 Å². The third-order valence-corrected chi connectivity index (χ3v) is 4.15. The number of aliphatic imine (C=N–C) groups is 1. The number of rotatable bonds is 11. The zero-order valence-corrected chi connectivity index (χ0v) is 17.7. The van der Waals surface area contributed by atoms with Crippen molar-refractivity contribution in [3.05, 3.63) is 48.0 Å². The van der Waals surface area contributed by atoms with Crippen molar-refractivity contribution in [2.75, 3.05) is 41.0 Å². The molecule has 2 N–H and O–H groups in total. The van der Waals surface area contributed by atoms with Crippen LogP contribution in [-0.2, 0) is 6.54 Å². The minimum atomic E-state index is 0.540. The fourth-order valence-corrected chi connectivity index (χ4v) is 2.63. The first-order chi connectivity index (χ1) is 14.2. The molecule has 0 bridgehead atoms. The van der Waals surface area contributed by atoms with E-state index in [2.05, 4.69) is 15.6 Å². The Morgan fingerprint density at radius 1 is 0.862 bits per heavy atom. The van der Waals surface area contributed by atoms with Gasteiger partial charge in [0, 0.05) is 13.1 Å². The standard InChI is InChI=1S/C22H31N3O4/c1-5-23-22(25-16-17-7-12-20(27-3)21(15-17)28-4)24-13-6-14-29-19-10-8-18(26-2)9-11-19/h7-12,15H,5-6,13-14,16H2,1-4H3,(H2,23,24,25). The second kappa shape index (κ2) is 12.4. The highest BCUT2D eigenvalue weighted by molar-refractivity contribution is 5.79. The van der Waals surface area contributed by atoms with Gasteiger partial charge in [0.15, 0.2) is 17.5 Å². The van der Waals surface area contributed by atoms with E-state index in [9.17, 15) is 0 Å². The summed E-state index contributed by atoms with van der Waals surface area (Å²) < 4.78 is 21.5. The van der Waals surface area contributed by atoms with Crippen molar-refractivity contribution < 1.29 is 18.9 Å². The van der Waals surface area contributed by atoms with E-state index < -0.39 is 0 Å². The Bertz CT molecular complexity index is 763. The van der Waals surface area contributed by atoms with Crippen LogP contribution in [0.25, 0.3) is 0 Å². The average molecular weight is 402 g/mol. The van der Waals surface area contributed by atoms with E-state index in [-0.39, 0.29) is 0 Å². The molecule has 0 aliphatic carbocycles.